The van der Waals surface area contributed by atoms with E-state index in [1.165, 1.54) is 70.6 Å². The second kappa shape index (κ2) is 7.38. The van der Waals surface area contributed by atoms with Gasteiger partial charge in [0.15, 0.2) is 0 Å². The Bertz CT molecular complexity index is 193. The van der Waals surface area contributed by atoms with Crippen molar-refractivity contribution in [3.05, 3.63) is 0 Å². The van der Waals surface area contributed by atoms with Crippen molar-refractivity contribution >= 4 is 0 Å². The van der Waals surface area contributed by atoms with E-state index in [9.17, 15) is 5.11 Å². The van der Waals surface area contributed by atoms with Crippen molar-refractivity contribution in [3.63, 3.8) is 0 Å². The number of hydrogen-bond donors (Lipinski definition) is 2. The molecule has 0 aromatic heterocycles. The summed E-state index contributed by atoms with van der Waals surface area (Å²) in [6, 6.07) is 1.06. The number of aliphatic hydroxyl groups is 1. The number of nitrogens with one attached hydrogen (secondary N) is 1. The maximum absolute atomic E-state index is 9.64. The lowest BCUT2D eigenvalue weighted by Gasteiger charge is -2.32. The van der Waals surface area contributed by atoms with Crippen LogP contribution in [0.2, 0.25) is 0 Å². The van der Waals surface area contributed by atoms with Crippen LogP contribution in [0.5, 0.6) is 0 Å². The summed E-state index contributed by atoms with van der Waals surface area (Å²) in [5.41, 5.74) is 0. The molecule has 0 spiro atoms. The molecule has 17 heavy (non-hydrogen) atoms. The maximum Gasteiger partial charge on any atom is 0.0587 e. The Morgan fingerprint density at radius 2 is 1.35 bits per heavy atom. The Morgan fingerprint density at radius 3 is 1.94 bits per heavy atom. The molecule has 1 unspecified atom stereocenters. The Balaban J connectivity index is 1.81. The molecule has 100 valence electrons. The smallest absolute Gasteiger partial charge is 0.0587 e. The normalized spacial score (nSPS) is 26.6. The average Bonchev–Trinajstić information content (AvgIpc) is 2.66. The first-order chi connectivity index (χ1) is 8.40. The average molecular weight is 239 g/mol. The van der Waals surface area contributed by atoms with Crippen LogP contribution in [0.4, 0.5) is 0 Å². The summed E-state index contributed by atoms with van der Waals surface area (Å²) in [5, 5.41) is 13.4. The van der Waals surface area contributed by atoms with Crippen LogP contribution in [-0.4, -0.2) is 23.8 Å². The van der Waals surface area contributed by atoms with Gasteiger partial charge in [-0.25, -0.2) is 0 Å². The fourth-order valence-corrected chi connectivity index (χ4v) is 3.62. The molecule has 0 radical (unpaired) electrons. The molecule has 1 atom stereocenters. The molecular weight excluding hydrogens is 210 g/mol. The quantitative estimate of drug-likeness (QED) is 0.738. The van der Waals surface area contributed by atoms with Gasteiger partial charge in [0.2, 0.25) is 0 Å². The molecule has 0 amide bonds. The highest BCUT2D eigenvalue weighted by Crippen LogP contribution is 2.27. The fourth-order valence-electron chi connectivity index (χ4n) is 3.62. The van der Waals surface area contributed by atoms with E-state index in [4.69, 9.17) is 0 Å². The van der Waals surface area contributed by atoms with Gasteiger partial charge < -0.3 is 10.4 Å². The van der Waals surface area contributed by atoms with Crippen molar-refractivity contribution in [2.75, 3.05) is 6.61 Å². The Hall–Kier alpha value is -0.0800. The van der Waals surface area contributed by atoms with E-state index in [0.717, 1.165) is 5.92 Å². The van der Waals surface area contributed by atoms with E-state index >= 15 is 0 Å². The van der Waals surface area contributed by atoms with Gasteiger partial charge in [-0.1, -0.05) is 44.9 Å². The molecule has 0 bridgehead atoms. The van der Waals surface area contributed by atoms with Gasteiger partial charge in [-0.05, 0) is 31.6 Å². The summed E-state index contributed by atoms with van der Waals surface area (Å²) in [7, 11) is 0. The summed E-state index contributed by atoms with van der Waals surface area (Å²) in [5.74, 6) is 0.726. The van der Waals surface area contributed by atoms with Gasteiger partial charge in [-0.2, -0.15) is 0 Å². The lowest BCUT2D eigenvalue weighted by atomic mass is 9.89. The van der Waals surface area contributed by atoms with Gasteiger partial charge in [0.05, 0.1) is 6.61 Å². The molecule has 2 fully saturated rings. The van der Waals surface area contributed by atoms with Gasteiger partial charge in [0.1, 0.15) is 0 Å². The van der Waals surface area contributed by atoms with Gasteiger partial charge in [-0.3, -0.25) is 0 Å². The third-order valence-electron chi connectivity index (χ3n) is 4.72. The molecule has 2 heteroatoms. The lowest BCUT2D eigenvalue weighted by molar-refractivity contribution is 0.166. The second-order valence-corrected chi connectivity index (χ2v) is 6.04. The van der Waals surface area contributed by atoms with Crippen LogP contribution in [0.1, 0.15) is 70.6 Å². The minimum Gasteiger partial charge on any atom is -0.395 e. The fraction of sp³-hybridized carbons (Fsp3) is 1.00. The van der Waals surface area contributed by atoms with Gasteiger partial charge in [-0.15, -0.1) is 0 Å². The highest BCUT2D eigenvalue weighted by molar-refractivity contribution is 4.82. The molecular formula is C15H29NO. The van der Waals surface area contributed by atoms with Crippen molar-refractivity contribution in [1.29, 1.82) is 0 Å². The summed E-state index contributed by atoms with van der Waals surface area (Å²) >= 11 is 0. The molecule has 0 heterocycles. The van der Waals surface area contributed by atoms with Crippen LogP contribution in [0.3, 0.4) is 0 Å². The molecule has 0 aromatic rings. The third-order valence-corrected chi connectivity index (χ3v) is 4.72. The van der Waals surface area contributed by atoms with E-state index in [2.05, 4.69) is 5.32 Å². The third kappa shape index (κ3) is 4.26. The van der Waals surface area contributed by atoms with Crippen LogP contribution in [0, 0.1) is 5.92 Å². The van der Waals surface area contributed by atoms with Crippen molar-refractivity contribution in [2.45, 2.75) is 82.7 Å². The topological polar surface area (TPSA) is 32.3 Å². The SMILES string of the molecule is OCC(NC1CCCCC1)C1CCCCCC1. The number of hydrogen-bond acceptors (Lipinski definition) is 2. The highest BCUT2D eigenvalue weighted by atomic mass is 16.3. The van der Waals surface area contributed by atoms with E-state index in [-0.39, 0.29) is 0 Å². The molecule has 0 saturated heterocycles. The van der Waals surface area contributed by atoms with E-state index in [1.54, 1.807) is 0 Å². The summed E-state index contributed by atoms with van der Waals surface area (Å²) in [4.78, 5) is 0. The standard InChI is InChI=1S/C15H29NO/c17-12-15(13-8-4-1-2-5-9-13)16-14-10-6-3-7-11-14/h13-17H,1-12H2. The molecule has 2 aliphatic carbocycles. The van der Waals surface area contributed by atoms with Crippen molar-refractivity contribution in [2.24, 2.45) is 5.92 Å². The second-order valence-electron chi connectivity index (χ2n) is 6.04. The van der Waals surface area contributed by atoms with Crippen molar-refractivity contribution in [3.8, 4) is 0 Å². The zero-order valence-electron chi connectivity index (χ0n) is 11.2. The van der Waals surface area contributed by atoms with Crippen LogP contribution < -0.4 is 5.32 Å². The Kier molecular flexibility index (Phi) is 5.79. The molecule has 2 rings (SSSR count). The summed E-state index contributed by atoms with van der Waals surface area (Å²) in [6.07, 6.45) is 15.0. The zero-order chi connectivity index (χ0) is 11.9. The highest BCUT2D eigenvalue weighted by Gasteiger charge is 2.25. The Morgan fingerprint density at radius 1 is 0.824 bits per heavy atom. The first-order valence-corrected chi connectivity index (χ1v) is 7.77. The van der Waals surface area contributed by atoms with Gasteiger partial charge in [0, 0.05) is 12.1 Å². The molecule has 2 nitrogen and oxygen atoms in total. The lowest BCUT2D eigenvalue weighted by Crippen LogP contribution is -2.45. The van der Waals surface area contributed by atoms with Crippen LogP contribution in [0.15, 0.2) is 0 Å². The number of rotatable bonds is 4. The molecule has 0 aliphatic heterocycles. The Labute approximate surface area is 106 Å². The first-order valence-electron chi connectivity index (χ1n) is 7.77. The van der Waals surface area contributed by atoms with Gasteiger partial charge >= 0.3 is 0 Å². The number of aliphatic hydroxyl groups excluding tert-OH is 1. The molecule has 2 saturated carbocycles. The van der Waals surface area contributed by atoms with E-state index < -0.39 is 0 Å². The monoisotopic (exact) mass is 239 g/mol. The van der Waals surface area contributed by atoms with Crippen LogP contribution in [-0.2, 0) is 0 Å². The van der Waals surface area contributed by atoms with Crippen LogP contribution >= 0.6 is 0 Å². The van der Waals surface area contributed by atoms with E-state index in [0.29, 0.717) is 18.7 Å². The van der Waals surface area contributed by atoms with E-state index in [1.807, 2.05) is 0 Å². The zero-order valence-corrected chi connectivity index (χ0v) is 11.2. The van der Waals surface area contributed by atoms with Crippen LogP contribution in [0.25, 0.3) is 0 Å². The minimum atomic E-state index is 0.334. The minimum absolute atomic E-state index is 0.334. The summed E-state index contributed by atoms with van der Waals surface area (Å²) in [6.45, 7) is 0.334. The predicted octanol–water partition coefficient (Wildman–Crippen LogP) is 3.24. The first kappa shape index (κ1) is 13.4. The molecule has 2 N–H and O–H groups in total. The van der Waals surface area contributed by atoms with Crippen molar-refractivity contribution in [1.82, 2.24) is 5.32 Å². The largest absolute Gasteiger partial charge is 0.395 e. The molecule has 0 aromatic carbocycles. The van der Waals surface area contributed by atoms with Crippen molar-refractivity contribution < 1.29 is 5.11 Å². The molecule has 2 aliphatic rings. The maximum atomic E-state index is 9.64. The predicted molar refractivity (Wildman–Crippen MR) is 72.1 cm³/mol. The summed E-state index contributed by atoms with van der Waals surface area (Å²) < 4.78 is 0. The van der Waals surface area contributed by atoms with Gasteiger partial charge in [0.25, 0.3) is 0 Å².